The molecule has 20 nitrogen and oxygen atoms in total. The molecule has 0 saturated heterocycles. The van der Waals surface area contributed by atoms with Crippen LogP contribution in [-0.4, -0.2) is 63.4 Å². The number of hydrogen-bond acceptors (Lipinski definition) is 20. The largest absolute Gasteiger partial charge is 1.00 e. The van der Waals surface area contributed by atoms with Gasteiger partial charge in [0, 0.05) is 38.5 Å². The maximum Gasteiger partial charge on any atom is 1.00 e. The Hall–Kier alpha value is -3.42. The number of benzene rings is 7. The van der Waals surface area contributed by atoms with E-state index in [0.717, 1.165) is 23.9 Å². The van der Waals surface area contributed by atoms with Gasteiger partial charge in [0.05, 0.1) is 42.3 Å². The maximum absolute atomic E-state index is 13.7. The summed E-state index contributed by atoms with van der Waals surface area (Å²) in [6.45, 7) is 0. The second kappa shape index (κ2) is 23.6. The van der Waals surface area contributed by atoms with Crippen LogP contribution in [0.5, 0.6) is 0 Å². The second-order valence-electron chi connectivity index (χ2n) is 14.0. The van der Waals surface area contributed by atoms with Gasteiger partial charge in [0.15, 0.2) is 0 Å². The van der Waals surface area contributed by atoms with Crippen LogP contribution in [0.2, 0.25) is 0 Å². The molecule has 0 unspecified atom stereocenters. The molecule has 0 amide bonds. The summed E-state index contributed by atoms with van der Waals surface area (Å²) in [5, 5.41) is 24.5. The van der Waals surface area contributed by atoms with Gasteiger partial charge < -0.3 is 23.5 Å². The standard InChI is InChI=1S/C42H29N7O13S4.4Na/c50-42-29-13-10-26(43-25-6-2-1-3-7-25)20-24(29)21-40(66(60,61)62)41(42)49-47-35-16-15-34(30-8-4-5-9-31(30)35)44-46-37-18-17-36(32-14-11-27(22-33(32)37)63(51,52)53)45-48-38-23-28(64(54,55)56)12-19-39(38)65(57,58)59;;;;/h1-23,43,47H,(H,51,52,53)(H,54,55,56)(H,57,58,59)(H,60,61,62);;;;/q;4*+1/p-4/b46-44?,48-45?,49-41+;;;;. The maximum atomic E-state index is 13.7. The molecule has 0 spiro atoms. The Kier molecular flexibility index (Phi) is 20.0. The number of carbonyl (C=O) groups is 1. The fraction of sp³-hybridized carbons (Fsp3) is 0. The van der Waals surface area contributed by atoms with Crippen molar-refractivity contribution < 1.29 is 175 Å². The molecule has 1 aliphatic rings. The third kappa shape index (κ3) is 13.4. The average molecular weight is 1060 g/mol. The first-order valence-corrected chi connectivity index (χ1v) is 24.2. The number of hydrazone groups is 1. The van der Waals surface area contributed by atoms with Gasteiger partial charge in [0.2, 0.25) is 5.78 Å². The van der Waals surface area contributed by atoms with Crippen molar-refractivity contribution in [3.05, 3.63) is 149 Å². The van der Waals surface area contributed by atoms with E-state index >= 15 is 0 Å². The van der Waals surface area contributed by atoms with E-state index < -0.39 is 77.2 Å². The van der Waals surface area contributed by atoms with Crippen LogP contribution in [0.1, 0.15) is 15.9 Å². The molecule has 70 heavy (non-hydrogen) atoms. The molecular weight excluding hydrogens is 1030 g/mol. The molecule has 334 valence electrons. The van der Waals surface area contributed by atoms with Crippen LogP contribution >= 0.6 is 0 Å². The third-order valence-electron chi connectivity index (χ3n) is 9.80. The van der Waals surface area contributed by atoms with Crippen molar-refractivity contribution in [2.24, 2.45) is 25.6 Å². The quantitative estimate of drug-likeness (QED) is 0.0508. The summed E-state index contributed by atoms with van der Waals surface area (Å²) >= 11 is 0. The zero-order chi connectivity index (χ0) is 47.2. The van der Waals surface area contributed by atoms with Gasteiger partial charge in [-0.05, 0) is 96.6 Å². The van der Waals surface area contributed by atoms with Crippen LogP contribution < -0.4 is 129 Å². The summed E-state index contributed by atoms with van der Waals surface area (Å²) in [6, 6.07) is 30.7. The van der Waals surface area contributed by atoms with Crippen LogP contribution in [0.3, 0.4) is 0 Å². The second-order valence-corrected chi connectivity index (χ2v) is 19.5. The Labute approximate surface area is 488 Å². The minimum atomic E-state index is -5.25. The smallest absolute Gasteiger partial charge is 0.744 e. The zero-order valence-electron chi connectivity index (χ0n) is 37.0. The van der Waals surface area contributed by atoms with Gasteiger partial charge in [0.25, 0.3) is 0 Å². The van der Waals surface area contributed by atoms with E-state index in [1.807, 2.05) is 18.2 Å². The van der Waals surface area contributed by atoms with Gasteiger partial charge >= 0.3 is 118 Å². The Morgan fingerprint density at radius 3 is 1.57 bits per heavy atom. The van der Waals surface area contributed by atoms with E-state index in [0.29, 0.717) is 34.7 Å². The molecule has 0 fully saturated rings. The number of fused-ring (bicyclic) bond motifs is 3. The number of nitrogens with one attached hydrogen (secondary N) is 2. The number of azo groups is 2. The molecule has 0 heterocycles. The number of carbonyl (C=O) groups excluding carboxylic acids is 1. The summed E-state index contributed by atoms with van der Waals surface area (Å²) in [5.41, 5.74) is 3.13. The minimum absolute atomic E-state index is 0. The fourth-order valence-corrected chi connectivity index (χ4v) is 8.99. The molecule has 7 aromatic rings. The predicted molar refractivity (Wildman–Crippen MR) is 236 cm³/mol. The molecule has 0 bridgehead atoms. The topological polar surface area (TPSA) is 332 Å². The van der Waals surface area contributed by atoms with E-state index in [9.17, 15) is 56.7 Å². The van der Waals surface area contributed by atoms with Gasteiger partial charge in [-0.3, -0.25) is 10.2 Å². The van der Waals surface area contributed by atoms with Gasteiger partial charge in [0.1, 0.15) is 51.9 Å². The number of rotatable bonds is 12. The summed E-state index contributed by atoms with van der Waals surface area (Å²) in [7, 11) is -20.6. The van der Waals surface area contributed by atoms with Crippen molar-refractivity contribution in [2.75, 3.05) is 10.7 Å². The van der Waals surface area contributed by atoms with Crippen molar-refractivity contribution in [1.29, 1.82) is 0 Å². The van der Waals surface area contributed by atoms with Gasteiger partial charge in [-0.1, -0.05) is 48.5 Å². The zero-order valence-corrected chi connectivity index (χ0v) is 48.2. The third-order valence-corrected chi connectivity index (χ3v) is 13.2. The van der Waals surface area contributed by atoms with Crippen molar-refractivity contribution >= 4 is 119 Å². The molecule has 0 radical (unpaired) electrons. The minimum Gasteiger partial charge on any atom is -0.744 e. The number of ketones is 1. The van der Waals surface area contributed by atoms with Crippen LogP contribution in [-0.2, 0) is 40.5 Å². The summed E-state index contributed by atoms with van der Waals surface area (Å²) in [6.07, 6.45) is 1.08. The Morgan fingerprint density at radius 1 is 0.443 bits per heavy atom. The number of hydrogen-bond donors (Lipinski definition) is 2. The van der Waals surface area contributed by atoms with E-state index in [2.05, 4.69) is 36.3 Å². The van der Waals surface area contributed by atoms with Gasteiger partial charge in [-0.2, -0.15) is 5.10 Å². The fourth-order valence-electron chi connectivity index (χ4n) is 6.77. The van der Waals surface area contributed by atoms with Crippen molar-refractivity contribution in [1.82, 2.24) is 0 Å². The Bertz CT molecular complexity index is 3810. The molecule has 28 heteroatoms. The number of Topliss-reactive ketones (excluding diaryl/α,β-unsaturated/α-hetero) is 1. The molecule has 0 saturated carbocycles. The Morgan fingerprint density at radius 2 is 0.971 bits per heavy atom. The number of anilines is 3. The normalized spacial score (nSPS) is 13.5. The Balaban J connectivity index is 0.00000266. The van der Waals surface area contributed by atoms with Crippen LogP contribution in [0, 0.1) is 0 Å². The van der Waals surface area contributed by atoms with Crippen LogP contribution in [0.4, 0.5) is 39.8 Å². The monoisotopic (exact) mass is 1050 g/mol. The molecule has 2 N–H and O–H groups in total. The van der Waals surface area contributed by atoms with Crippen molar-refractivity contribution in [2.45, 2.75) is 14.7 Å². The molecule has 0 aliphatic heterocycles. The summed E-state index contributed by atoms with van der Waals surface area (Å²) in [5.74, 6) is -0.827. The SMILES string of the molecule is O=C1/C(=N/Nc2ccc(N=Nc3ccc(N=Nc4cc(S(=O)(=O)[O-])ccc4S(=O)(=O)[O-])c4ccc(S(=O)(=O)[O-])cc34)c3ccccc23)C(S(=O)(=O)[O-])=Cc2cc(Nc3ccccc3)ccc21.[Na+].[Na+].[Na+].[Na+]. The van der Waals surface area contributed by atoms with Gasteiger partial charge in [-0.25, -0.2) is 33.7 Å². The molecule has 0 atom stereocenters. The number of allylic oxidation sites excluding steroid dienone is 1. The van der Waals surface area contributed by atoms with E-state index in [4.69, 9.17) is 0 Å². The first kappa shape index (κ1) is 59.1. The first-order chi connectivity index (χ1) is 31.1. The first-order valence-electron chi connectivity index (χ1n) is 18.6. The molecule has 0 aromatic heterocycles. The van der Waals surface area contributed by atoms with Crippen molar-refractivity contribution in [3.63, 3.8) is 0 Å². The van der Waals surface area contributed by atoms with Crippen LogP contribution in [0.25, 0.3) is 27.6 Å². The average Bonchev–Trinajstić information content (AvgIpc) is 3.26. The molecule has 1 aliphatic carbocycles. The molecule has 8 rings (SSSR count). The molecule has 7 aromatic carbocycles. The van der Waals surface area contributed by atoms with Crippen LogP contribution in [0.15, 0.2) is 179 Å². The summed E-state index contributed by atoms with van der Waals surface area (Å²) < 4.78 is 144. The van der Waals surface area contributed by atoms with Crippen molar-refractivity contribution in [3.8, 4) is 0 Å². The molecular formula is C42H25N7Na4O13S4. The summed E-state index contributed by atoms with van der Waals surface area (Å²) in [4.78, 5) is 10.3. The van der Waals surface area contributed by atoms with E-state index in [1.165, 1.54) is 42.5 Å². The number of para-hydroxylation sites is 1. The van der Waals surface area contributed by atoms with E-state index in [-0.39, 0.29) is 163 Å². The van der Waals surface area contributed by atoms with E-state index in [1.54, 1.807) is 42.5 Å². The van der Waals surface area contributed by atoms with Gasteiger partial charge in [-0.15, -0.1) is 20.5 Å². The predicted octanol–water partition coefficient (Wildman–Crippen LogP) is -4.15. The number of nitrogens with zero attached hydrogens (tertiary/aromatic N) is 5.